The minimum atomic E-state index is -0.982. The molecule has 0 aromatic heterocycles. The Morgan fingerprint density at radius 2 is 2.07 bits per heavy atom. The van der Waals surface area contributed by atoms with Crippen molar-refractivity contribution < 1.29 is 19.4 Å². The molecule has 0 spiro atoms. The second-order valence-electron chi connectivity index (χ2n) is 2.46. The minimum absolute atomic E-state index is 0.135. The van der Waals surface area contributed by atoms with Crippen LogP contribution < -0.4 is 4.74 Å². The van der Waals surface area contributed by atoms with Gasteiger partial charge in [0.1, 0.15) is 18.3 Å². The number of carboxylic acids is 1. The maximum absolute atomic E-state index is 10.5. The molecule has 0 aliphatic heterocycles. The number of carboxylic acid groups (broad SMARTS) is 1. The Hall–Kier alpha value is -2.06. The first-order chi connectivity index (χ1) is 6.74. The number of benzene rings is 1. The Balaban J connectivity index is 2.64. The Labute approximate surface area is 80.4 Å². The molecule has 0 radical (unpaired) electrons. The van der Waals surface area contributed by atoms with E-state index < -0.39 is 5.97 Å². The molecule has 0 aliphatic rings. The highest BCUT2D eigenvalue weighted by molar-refractivity contribution is 5.87. The Kier molecular flexibility index (Phi) is 3.47. The Bertz CT molecular complexity index is 360. The number of aromatic carboxylic acids is 1. The predicted octanol–water partition coefficient (Wildman–Crippen LogP) is 1.15. The lowest BCUT2D eigenvalue weighted by Crippen LogP contribution is -1.97. The molecule has 1 rings (SSSR count). The van der Waals surface area contributed by atoms with Crippen molar-refractivity contribution in [2.75, 3.05) is 6.61 Å². The van der Waals surface area contributed by atoms with Crippen molar-refractivity contribution in [2.24, 2.45) is 0 Å². The van der Waals surface area contributed by atoms with Crippen LogP contribution in [0.25, 0.3) is 0 Å². The van der Waals surface area contributed by atoms with Crippen LogP contribution in [0, 0.1) is 0 Å². The molecule has 4 heteroatoms. The van der Waals surface area contributed by atoms with E-state index in [1.54, 1.807) is 5.94 Å². The summed E-state index contributed by atoms with van der Waals surface area (Å²) >= 11 is 0. The van der Waals surface area contributed by atoms with Crippen LogP contribution in [0.3, 0.4) is 0 Å². The van der Waals surface area contributed by atoms with Gasteiger partial charge in [-0.15, -0.1) is 0 Å². The zero-order valence-corrected chi connectivity index (χ0v) is 7.27. The molecule has 14 heavy (non-hydrogen) atoms. The first kappa shape index (κ1) is 10.0. The first-order valence-electron chi connectivity index (χ1n) is 3.89. The average molecular weight is 192 g/mol. The molecular weight excluding hydrogens is 184 g/mol. The summed E-state index contributed by atoms with van der Waals surface area (Å²) in [5.74, 6) is 1.11. The van der Waals surface area contributed by atoms with Crippen LogP contribution in [-0.2, 0) is 4.79 Å². The summed E-state index contributed by atoms with van der Waals surface area (Å²) in [5.41, 5.74) is 0.197. The van der Waals surface area contributed by atoms with Crippen molar-refractivity contribution in [1.82, 2.24) is 0 Å². The molecule has 1 N–H and O–H groups in total. The van der Waals surface area contributed by atoms with E-state index in [-0.39, 0.29) is 12.2 Å². The molecule has 0 aliphatic carbocycles. The molecule has 0 saturated carbocycles. The van der Waals surface area contributed by atoms with E-state index in [1.165, 1.54) is 30.3 Å². The third kappa shape index (κ3) is 2.77. The number of rotatable bonds is 4. The fourth-order valence-corrected chi connectivity index (χ4v) is 0.866. The van der Waals surface area contributed by atoms with E-state index in [4.69, 9.17) is 9.84 Å². The highest BCUT2D eigenvalue weighted by atomic mass is 16.5. The van der Waals surface area contributed by atoms with E-state index in [0.717, 1.165) is 0 Å². The number of ether oxygens (including phenoxy) is 1. The van der Waals surface area contributed by atoms with Crippen molar-refractivity contribution in [2.45, 2.75) is 0 Å². The van der Waals surface area contributed by atoms with Gasteiger partial charge in [-0.05, 0) is 24.3 Å². The monoisotopic (exact) mass is 192 g/mol. The van der Waals surface area contributed by atoms with Crippen LogP contribution in [0.2, 0.25) is 0 Å². The molecule has 72 valence electrons. The van der Waals surface area contributed by atoms with E-state index in [2.05, 4.69) is 0 Å². The molecule has 1 aromatic carbocycles. The summed E-state index contributed by atoms with van der Waals surface area (Å²) in [7, 11) is 0. The summed E-state index contributed by atoms with van der Waals surface area (Å²) in [4.78, 5) is 20.3. The van der Waals surface area contributed by atoms with Crippen molar-refractivity contribution >= 4 is 11.9 Å². The number of hydrogen-bond acceptors (Lipinski definition) is 3. The first-order valence-corrected chi connectivity index (χ1v) is 3.89. The van der Waals surface area contributed by atoms with Gasteiger partial charge in [0.25, 0.3) is 0 Å². The normalized spacial score (nSPS) is 8.86. The van der Waals surface area contributed by atoms with Gasteiger partial charge in [-0.1, -0.05) is 0 Å². The van der Waals surface area contributed by atoms with Crippen LogP contribution in [0.1, 0.15) is 10.4 Å². The molecule has 0 saturated heterocycles. The molecule has 0 fully saturated rings. The van der Waals surface area contributed by atoms with Gasteiger partial charge < -0.3 is 9.84 Å². The number of hydrogen-bond donors (Lipinski definition) is 1. The van der Waals surface area contributed by atoms with E-state index >= 15 is 0 Å². The van der Waals surface area contributed by atoms with E-state index in [1.807, 2.05) is 0 Å². The van der Waals surface area contributed by atoms with Gasteiger partial charge in [-0.3, -0.25) is 0 Å². The van der Waals surface area contributed by atoms with E-state index in [9.17, 15) is 9.59 Å². The topological polar surface area (TPSA) is 63.6 Å². The summed E-state index contributed by atoms with van der Waals surface area (Å²) in [5, 5.41) is 8.59. The van der Waals surface area contributed by atoms with Gasteiger partial charge in [0.05, 0.1) is 5.56 Å². The molecule has 0 unspecified atom stereocenters. The summed E-state index contributed by atoms with van der Waals surface area (Å²) in [6.07, 6.45) is 1.20. The third-order valence-electron chi connectivity index (χ3n) is 1.52. The quantitative estimate of drug-likeness (QED) is 0.727. The lowest BCUT2D eigenvalue weighted by atomic mass is 10.2. The summed E-state index contributed by atoms with van der Waals surface area (Å²) in [6.45, 7) is 0.135. The molecular formula is C10H8O4. The fourth-order valence-electron chi connectivity index (χ4n) is 0.866. The predicted molar refractivity (Wildman–Crippen MR) is 49.2 cm³/mol. The summed E-state index contributed by atoms with van der Waals surface area (Å²) < 4.78 is 5.07. The number of carbonyl (C=O) groups is 1. The fraction of sp³-hybridized carbons (Fsp3) is 0.100. The van der Waals surface area contributed by atoms with Crippen molar-refractivity contribution in [3.05, 3.63) is 35.9 Å². The highest BCUT2D eigenvalue weighted by Gasteiger charge is 2.01. The largest absolute Gasteiger partial charge is 0.489 e. The molecule has 1 aromatic rings. The standard InChI is InChI=1S/C10H8O4/c11-6-1-7-14-9-4-2-8(3-5-9)10(12)13/h1-5H,7H2,(H,12,13). The van der Waals surface area contributed by atoms with Gasteiger partial charge in [-0.2, -0.15) is 0 Å². The Morgan fingerprint density at radius 3 is 2.57 bits per heavy atom. The second kappa shape index (κ2) is 4.84. The molecule has 4 nitrogen and oxygen atoms in total. The molecule has 0 heterocycles. The van der Waals surface area contributed by atoms with Crippen molar-refractivity contribution in [3.63, 3.8) is 0 Å². The van der Waals surface area contributed by atoms with Crippen molar-refractivity contribution in [3.8, 4) is 5.75 Å². The van der Waals surface area contributed by atoms with Crippen LogP contribution in [0.15, 0.2) is 30.3 Å². The third-order valence-corrected chi connectivity index (χ3v) is 1.52. The molecule has 0 atom stereocenters. The van der Waals surface area contributed by atoms with Crippen molar-refractivity contribution in [1.29, 1.82) is 0 Å². The second-order valence-corrected chi connectivity index (χ2v) is 2.46. The van der Waals surface area contributed by atoms with Gasteiger partial charge in [0, 0.05) is 6.08 Å². The zero-order valence-electron chi connectivity index (χ0n) is 7.27. The van der Waals surface area contributed by atoms with Gasteiger partial charge >= 0.3 is 5.97 Å². The average Bonchev–Trinajstić information content (AvgIpc) is 2.19. The maximum atomic E-state index is 10.5. The van der Waals surface area contributed by atoms with Crippen LogP contribution >= 0.6 is 0 Å². The van der Waals surface area contributed by atoms with Crippen LogP contribution in [-0.4, -0.2) is 23.6 Å². The van der Waals surface area contributed by atoms with Gasteiger partial charge in [-0.25, -0.2) is 9.59 Å². The molecule has 0 bridgehead atoms. The lowest BCUT2D eigenvalue weighted by Gasteiger charge is -2.01. The SMILES string of the molecule is O=C=CCOc1ccc(C(=O)O)cc1. The molecule has 0 amide bonds. The van der Waals surface area contributed by atoms with Crippen LogP contribution in [0.5, 0.6) is 5.75 Å². The minimum Gasteiger partial charge on any atom is -0.489 e. The smallest absolute Gasteiger partial charge is 0.335 e. The Morgan fingerprint density at radius 1 is 1.43 bits per heavy atom. The number of carbonyl (C=O) groups excluding carboxylic acids is 1. The van der Waals surface area contributed by atoms with E-state index in [0.29, 0.717) is 5.75 Å². The van der Waals surface area contributed by atoms with Gasteiger partial charge in [0.15, 0.2) is 0 Å². The maximum Gasteiger partial charge on any atom is 0.335 e. The highest BCUT2D eigenvalue weighted by Crippen LogP contribution is 2.11. The summed E-state index contributed by atoms with van der Waals surface area (Å²) in [6, 6.07) is 5.93. The van der Waals surface area contributed by atoms with Gasteiger partial charge in [0.2, 0.25) is 0 Å². The lowest BCUT2D eigenvalue weighted by molar-refractivity contribution is 0.0697. The van der Waals surface area contributed by atoms with Crippen LogP contribution in [0.4, 0.5) is 0 Å². The zero-order chi connectivity index (χ0) is 10.4.